The van der Waals surface area contributed by atoms with E-state index in [2.05, 4.69) is 36.1 Å². The van der Waals surface area contributed by atoms with Crippen LogP contribution in [0, 0.1) is 5.92 Å². The average molecular weight is 262 g/mol. The van der Waals surface area contributed by atoms with Crippen molar-refractivity contribution in [1.29, 1.82) is 0 Å². The van der Waals surface area contributed by atoms with Crippen LogP contribution in [-0.4, -0.2) is 23.0 Å². The number of rotatable bonds is 4. The van der Waals surface area contributed by atoms with E-state index >= 15 is 0 Å². The van der Waals surface area contributed by atoms with Gasteiger partial charge >= 0.3 is 0 Å². The molecule has 0 spiro atoms. The highest BCUT2D eigenvalue weighted by atomic mass is 32.1. The Hall–Kier alpha value is -0.930. The van der Waals surface area contributed by atoms with Crippen LogP contribution in [0.3, 0.4) is 0 Å². The molecule has 0 radical (unpaired) electrons. The number of hydrogen-bond acceptors (Lipinski definition) is 2. The molecule has 2 N–H and O–H groups in total. The van der Waals surface area contributed by atoms with Crippen LogP contribution in [0.5, 0.6) is 0 Å². The van der Waals surface area contributed by atoms with E-state index in [1.807, 2.05) is 0 Å². The summed E-state index contributed by atoms with van der Waals surface area (Å²) in [5.41, 5.74) is 8.20. The molecule has 1 aliphatic rings. The monoisotopic (exact) mass is 262 g/mol. The summed E-state index contributed by atoms with van der Waals surface area (Å²) in [7, 11) is 0. The van der Waals surface area contributed by atoms with Gasteiger partial charge in [0.25, 0.3) is 0 Å². The van der Waals surface area contributed by atoms with Gasteiger partial charge in [0.2, 0.25) is 0 Å². The van der Waals surface area contributed by atoms with Crippen molar-refractivity contribution in [3.8, 4) is 0 Å². The summed E-state index contributed by atoms with van der Waals surface area (Å²) in [6, 6.07) is 8.63. The molecule has 0 unspecified atom stereocenters. The average Bonchev–Trinajstić information content (AvgIpc) is 2.32. The van der Waals surface area contributed by atoms with Gasteiger partial charge in [0, 0.05) is 13.0 Å². The van der Waals surface area contributed by atoms with Crippen LogP contribution in [0.2, 0.25) is 0 Å². The van der Waals surface area contributed by atoms with Crippen molar-refractivity contribution in [2.75, 3.05) is 13.1 Å². The lowest BCUT2D eigenvalue weighted by molar-refractivity contribution is 0.185. The lowest BCUT2D eigenvalue weighted by Crippen LogP contribution is -2.32. The van der Waals surface area contributed by atoms with E-state index < -0.39 is 0 Å². The van der Waals surface area contributed by atoms with Gasteiger partial charge in [-0.1, -0.05) is 43.4 Å². The van der Waals surface area contributed by atoms with Crippen molar-refractivity contribution < 1.29 is 0 Å². The maximum absolute atomic E-state index is 5.60. The highest BCUT2D eigenvalue weighted by Gasteiger charge is 2.15. The Morgan fingerprint density at radius 1 is 1.33 bits per heavy atom. The standard InChI is InChI=1S/C15H22N2S/c1-12-5-7-17(8-6-12)11-14-4-2-3-13(9-14)10-15(16)18/h2-4,9,12H,5-8,10-11H2,1H3,(H2,16,18). The summed E-state index contributed by atoms with van der Waals surface area (Å²) in [6.45, 7) is 5.85. The van der Waals surface area contributed by atoms with Crippen LogP contribution in [-0.2, 0) is 13.0 Å². The van der Waals surface area contributed by atoms with Crippen LogP contribution in [0.1, 0.15) is 30.9 Å². The van der Waals surface area contributed by atoms with Crippen molar-refractivity contribution in [3.63, 3.8) is 0 Å². The predicted molar refractivity (Wildman–Crippen MR) is 80.6 cm³/mol. The van der Waals surface area contributed by atoms with E-state index in [4.69, 9.17) is 18.0 Å². The third kappa shape index (κ3) is 4.07. The topological polar surface area (TPSA) is 29.3 Å². The Morgan fingerprint density at radius 2 is 2.00 bits per heavy atom. The van der Waals surface area contributed by atoms with Gasteiger partial charge in [0.1, 0.15) is 0 Å². The largest absolute Gasteiger partial charge is 0.393 e. The zero-order chi connectivity index (χ0) is 13.0. The number of piperidine rings is 1. The van der Waals surface area contributed by atoms with Gasteiger partial charge in [0.15, 0.2) is 0 Å². The number of nitrogens with two attached hydrogens (primary N) is 1. The van der Waals surface area contributed by atoms with Crippen molar-refractivity contribution in [2.24, 2.45) is 11.7 Å². The quantitative estimate of drug-likeness (QED) is 0.846. The van der Waals surface area contributed by atoms with E-state index in [1.54, 1.807) is 0 Å². The van der Waals surface area contributed by atoms with Crippen LogP contribution in [0.15, 0.2) is 24.3 Å². The molecule has 1 aromatic rings. The SMILES string of the molecule is CC1CCN(Cc2cccc(CC(N)=S)c2)CC1. The number of likely N-dealkylation sites (tertiary alicyclic amines) is 1. The molecule has 1 aromatic carbocycles. The number of nitrogens with zero attached hydrogens (tertiary/aromatic N) is 1. The van der Waals surface area contributed by atoms with Crippen molar-refractivity contribution in [1.82, 2.24) is 4.90 Å². The minimum Gasteiger partial charge on any atom is -0.393 e. The molecule has 0 saturated carbocycles. The lowest BCUT2D eigenvalue weighted by atomic mass is 9.98. The minimum absolute atomic E-state index is 0.568. The second-order valence-corrected chi connectivity index (χ2v) is 5.95. The van der Waals surface area contributed by atoms with Crippen LogP contribution >= 0.6 is 12.2 Å². The number of benzene rings is 1. The first-order valence-corrected chi connectivity index (χ1v) is 7.13. The summed E-state index contributed by atoms with van der Waals surface area (Å²) in [5, 5.41) is 0. The van der Waals surface area contributed by atoms with E-state index in [-0.39, 0.29) is 0 Å². The van der Waals surface area contributed by atoms with Gasteiger partial charge in [-0.15, -0.1) is 0 Å². The fourth-order valence-electron chi connectivity index (χ4n) is 2.52. The first kappa shape index (κ1) is 13.5. The molecule has 2 rings (SSSR count). The lowest BCUT2D eigenvalue weighted by Gasteiger charge is -2.30. The molecule has 0 amide bonds. The van der Waals surface area contributed by atoms with Gasteiger partial charge in [0.05, 0.1) is 4.99 Å². The molecule has 0 atom stereocenters. The van der Waals surface area contributed by atoms with E-state index in [0.717, 1.165) is 12.5 Å². The number of thiocarbonyl (C=S) groups is 1. The molecular weight excluding hydrogens is 240 g/mol. The first-order chi connectivity index (χ1) is 8.63. The molecule has 98 valence electrons. The molecule has 0 aromatic heterocycles. The number of hydrogen-bond donors (Lipinski definition) is 1. The maximum Gasteiger partial charge on any atom is 0.0771 e. The second-order valence-electron chi connectivity index (χ2n) is 5.42. The molecule has 0 bridgehead atoms. The minimum atomic E-state index is 0.568. The molecule has 1 heterocycles. The molecule has 1 aliphatic heterocycles. The summed E-state index contributed by atoms with van der Waals surface area (Å²) in [5.74, 6) is 0.891. The third-order valence-electron chi connectivity index (χ3n) is 3.65. The van der Waals surface area contributed by atoms with E-state index in [1.165, 1.54) is 37.1 Å². The maximum atomic E-state index is 5.60. The first-order valence-electron chi connectivity index (χ1n) is 6.72. The summed E-state index contributed by atoms with van der Waals surface area (Å²) in [6.07, 6.45) is 3.36. The Labute approximate surface area is 115 Å². The Bertz CT molecular complexity index is 409. The van der Waals surface area contributed by atoms with Gasteiger partial charge in [-0.3, -0.25) is 4.90 Å². The molecule has 2 nitrogen and oxygen atoms in total. The van der Waals surface area contributed by atoms with Crippen LogP contribution < -0.4 is 5.73 Å². The van der Waals surface area contributed by atoms with Gasteiger partial charge in [-0.25, -0.2) is 0 Å². The zero-order valence-electron chi connectivity index (χ0n) is 11.1. The zero-order valence-corrected chi connectivity index (χ0v) is 11.9. The Balaban J connectivity index is 1.94. The van der Waals surface area contributed by atoms with Gasteiger partial charge in [-0.2, -0.15) is 0 Å². The fourth-order valence-corrected chi connectivity index (χ4v) is 2.68. The van der Waals surface area contributed by atoms with Crippen molar-refractivity contribution in [3.05, 3.63) is 35.4 Å². The fraction of sp³-hybridized carbons (Fsp3) is 0.533. The molecule has 1 saturated heterocycles. The smallest absolute Gasteiger partial charge is 0.0771 e. The molecule has 0 aliphatic carbocycles. The van der Waals surface area contributed by atoms with Gasteiger partial charge in [-0.05, 0) is 43.0 Å². The molecular formula is C15H22N2S. The molecule has 18 heavy (non-hydrogen) atoms. The van der Waals surface area contributed by atoms with Crippen molar-refractivity contribution >= 4 is 17.2 Å². The van der Waals surface area contributed by atoms with E-state index in [0.29, 0.717) is 11.4 Å². The predicted octanol–water partition coefficient (Wildman–Crippen LogP) is 2.75. The van der Waals surface area contributed by atoms with Gasteiger partial charge < -0.3 is 5.73 Å². The van der Waals surface area contributed by atoms with E-state index in [9.17, 15) is 0 Å². The van der Waals surface area contributed by atoms with Crippen LogP contribution in [0.4, 0.5) is 0 Å². The Morgan fingerprint density at radius 3 is 2.67 bits per heavy atom. The van der Waals surface area contributed by atoms with Crippen LogP contribution in [0.25, 0.3) is 0 Å². The highest BCUT2D eigenvalue weighted by Crippen LogP contribution is 2.18. The molecule has 1 fully saturated rings. The molecule has 3 heteroatoms. The van der Waals surface area contributed by atoms with Crippen molar-refractivity contribution in [2.45, 2.75) is 32.7 Å². The Kier molecular flexibility index (Phi) is 4.72. The highest BCUT2D eigenvalue weighted by molar-refractivity contribution is 7.80. The summed E-state index contributed by atoms with van der Waals surface area (Å²) in [4.78, 5) is 3.11. The summed E-state index contributed by atoms with van der Waals surface area (Å²) >= 11 is 4.96. The third-order valence-corrected chi connectivity index (χ3v) is 3.80. The normalized spacial score (nSPS) is 17.8. The second kappa shape index (κ2) is 6.30. The summed E-state index contributed by atoms with van der Waals surface area (Å²) < 4.78 is 0.